The number of benzene rings is 1. The molecule has 2 heterocycles. The third-order valence-electron chi connectivity index (χ3n) is 5.22. The van der Waals surface area contributed by atoms with Gasteiger partial charge in [-0.1, -0.05) is 55.9 Å². The van der Waals surface area contributed by atoms with Gasteiger partial charge in [-0.05, 0) is 5.56 Å². The fourth-order valence-electron chi connectivity index (χ4n) is 3.47. The van der Waals surface area contributed by atoms with Crippen LogP contribution in [-0.4, -0.2) is 43.0 Å². The fourth-order valence-corrected chi connectivity index (χ4v) is 4.84. The zero-order chi connectivity index (χ0) is 21.0. The summed E-state index contributed by atoms with van der Waals surface area (Å²) < 4.78 is 5.34. The van der Waals surface area contributed by atoms with Gasteiger partial charge in [0.15, 0.2) is 0 Å². The van der Waals surface area contributed by atoms with Crippen molar-refractivity contribution in [2.24, 2.45) is 11.3 Å². The minimum absolute atomic E-state index is 0.0937. The third kappa shape index (κ3) is 4.14. The molecule has 2 amide bonds. The quantitative estimate of drug-likeness (QED) is 0.817. The van der Waals surface area contributed by atoms with Crippen molar-refractivity contribution in [1.29, 1.82) is 10.5 Å². The smallest absolute Gasteiger partial charge is 0.243 e. The number of nitrogens with one attached hydrogen (secondary N) is 1. The Morgan fingerprint density at radius 1 is 1.28 bits per heavy atom. The van der Waals surface area contributed by atoms with E-state index in [2.05, 4.69) is 11.4 Å². The second-order valence-corrected chi connectivity index (χ2v) is 8.55. The van der Waals surface area contributed by atoms with Gasteiger partial charge in [0.25, 0.3) is 0 Å². The van der Waals surface area contributed by atoms with Gasteiger partial charge in [0.05, 0.1) is 36.0 Å². The molecule has 2 aliphatic rings. The van der Waals surface area contributed by atoms with E-state index in [4.69, 9.17) is 4.74 Å². The van der Waals surface area contributed by atoms with Gasteiger partial charge in [0, 0.05) is 18.5 Å². The van der Waals surface area contributed by atoms with Gasteiger partial charge in [0.1, 0.15) is 11.2 Å². The number of nitrogens with zero attached hydrogens (tertiary/aromatic N) is 3. The van der Waals surface area contributed by atoms with E-state index in [9.17, 15) is 20.1 Å². The number of hydrogen-bond donors (Lipinski definition) is 1. The molecule has 0 bridgehead atoms. The van der Waals surface area contributed by atoms with E-state index in [0.717, 1.165) is 17.3 Å². The van der Waals surface area contributed by atoms with E-state index in [1.807, 2.05) is 36.4 Å². The molecule has 0 saturated carbocycles. The van der Waals surface area contributed by atoms with Gasteiger partial charge in [0.2, 0.25) is 11.8 Å². The molecule has 1 aromatic carbocycles. The minimum Gasteiger partial charge on any atom is -0.378 e. The van der Waals surface area contributed by atoms with Gasteiger partial charge in [-0.3, -0.25) is 9.59 Å². The maximum atomic E-state index is 13.3. The highest BCUT2D eigenvalue weighted by Gasteiger charge is 2.45. The highest BCUT2D eigenvalue weighted by atomic mass is 32.2. The molecule has 8 heteroatoms. The van der Waals surface area contributed by atoms with E-state index >= 15 is 0 Å². The SMILES string of the molecule is CC1(C)C(C#N)=C(S[C@@H](C(=O)N2CCOCC2)c2ccccc2)NC(=O)[C@@H]1C#N. The minimum atomic E-state index is -0.966. The van der Waals surface area contributed by atoms with Crippen LogP contribution in [0.2, 0.25) is 0 Å². The highest BCUT2D eigenvalue weighted by molar-refractivity contribution is 8.03. The molecule has 0 unspecified atom stereocenters. The number of allylic oxidation sites excluding steroid dienone is 1. The van der Waals surface area contributed by atoms with E-state index < -0.39 is 22.5 Å². The lowest BCUT2D eigenvalue weighted by molar-refractivity contribution is -0.134. The average Bonchev–Trinajstić information content (AvgIpc) is 2.72. The molecule has 7 nitrogen and oxygen atoms in total. The Bertz CT molecular complexity index is 908. The van der Waals surface area contributed by atoms with Crippen LogP contribution in [-0.2, 0) is 14.3 Å². The second-order valence-electron chi connectivity index (χ2n) is 7.44. The lowest BCUT2D eigenvalue weighted by Gasteiger charge is -2.36. The molecule has 1 aromatic rings. The van der Waals surface area contributed by atoms with Crippen molar-refractivity contribution in [3.8, 4) is 12.1 Å². The molecule has 2 atom stereocenters. The number of carbonyl (C=O) groups is 2. The second kappa shape index (κ2) is 8.69. The predicted octanol–water partition coefficient (Wildman–Crippen LogP) is 2.35. The molecule has 0 aliphatic carbocycles. The molecule has 0 aromatic heterocycles. The van der Waals surface area contributed by atoms with Crippen LogP contribution in [0.15, 0.2) is 40.9 Å². The van der Waals surface area contributed by atoms with Crippen molar-refractivity contribution in [3.63, 3.8) is 0 Å². The summed E-state index contributed by atoms with van der Waals surface area (Å²) in [4.78, 5) is 27.6. The summed E-state index contributed by atoms with van der Waals surface area (Å²) in [6.45, 7) is 5.39. The van der Waals surface area contributed by atoms with Crippen LogP contribution in [0.3, 0.4) is 0 Å². The molecular formula is C21H22N4O3S. The van der Waals surface area contributed by atoms with Crippen molar-refractivity contribution in [2.45, 2.75) is 19.1 Å². The number of morpholine rings is 1. The Morgan fingerprint density at radius 3 is 2.52 bits per heavy atom. The Labute approximate surface area is 174 Å². The summed E-state index contributed by atoms with van der Waals surface area (Å²) in [6.07, 6.45) is 0. The maximum Gasteiger partial charge on any atom is 0.243 e. The predicted molar refractivity (Wildman–Crippen MR) is 108 cm³/mol. The molecule has 150 valence electrons. The van der Waals surface area contributed by atoms with Crippen molar-refractivity contribution < 1.29 is 14.3 Å². The number of ether oxygens (including phenoxy) is 1. The Balaban J connectivity index is 2.00. The van der Waals surface area contributed by atoms with E-state index in [0.29, 0.717) is 36.9 Å². The fraction of sp³-hybridized carbons (Fsp3) is 0.429. The van der Waals surface area contributed by atoms with Crippen LogP contribution in [0.25, 0.3) is 0 Å². The topological polar surface area (TPSA) is 106 Å². The van der Waals surface area contributed by atoms with Crippen molar-refractivity contribution >= 4 is 23.6 Å². The first-order chi connectivity index (χ1) is 13.9. The Hall–Kier alpha value is -2.81. The summed E-state index contributed by atoms with van der Waals surface area (Å²) >= 11 is 1.16. The molecule has 0 spiro atoms. The third-order valence-corrected chi connectivity index (χ3v) is 6.47. The molecule has 0 radical (unpaired) electrons. The molecule has 29 heavy (non-hydrogen) atoms. The first kappa shape index (κ1) is 20.9. The van der Waals surface area contributed by atoms with E-state index in [1.165, 1.54) is 0 Å². The largest absolute Gasteiger partial charge is 0.378 e. The number of thioether (sulfide) groups is 1. The molecule has 1 N–H and O–H groups in total. The van der Waals surface area contributed by atoms with Crippen LogP contribution in [0.4, 0.5) is 0 Å². The number of rotatable bonds is 4. The Morgan fingerprint density at radius 2 is 1.93 bits per heavy atom. The van der Waals surface area contributed by atoms with Gasteiger partial charge < -0.3 is 15.0 Å². The van der Waals surface area contributed by atoms with Crippen molar-refractivity contribution in [3.05, 3.63) is 46.5 Å². The summed E-state index contributed by atoms with van der Waals surface area (Å²) in [5, 5.41) is 21.6. The lowest BCUT2D eigenvalue weighted by Crippen LogP contribution is -2.45. The Kier molecular flexibility index (Phi) is 6.26. The molecule has 1 saturated heterocycles. The highest BCUT2D eigenvalue weighted by Crippen LogP contribution is 2.45. The maximum absolute atomic E-state index is 13.3. The van der Waals surface area contributed by atoms with Crippen LogP contribution in [0.1, 0.15) is 24.7 Å². The van der Waals surface area contributed by atoms with E-state index in [-0.39, 0.29) is 5.91 Å². The molecular weight excluding hydrogens is 388 g/mol. The summed E-state index contributed by atoms with van der Waals surface area (Å²) in [5.41, 5.74) is 0.148. The molecule has 3 rings (SSSR count). The summed E-state index contributed by atoms with van der Waals surface area (Å²) in [6, 6.07) is 13.4. The number of nitriles is 2. The lowest BCUT2D eigenvalue weighted by atomic mass is 9.72. The monoisotopic (exact) mass is 410 g/mol. The van der Waals surface area contributed by atoms with Crippen LogP contribution < -0.4 is 5.32 Å². The summed E-state index contributed by atoms with van der Waals surface area (Å²) in [5.74, 6) is -1.51. The zero-order valence-corrected chi connectivity index (χ0v) is 17.2. The van der Waals surface area contributed by atoms with Gasteiger partial charge in [-0.25, -0.2) is 0 Å². The van der Waals surface area contributed by atoms with E-state index in [1.54, 1.807) is 18.7 Å². The van der Waals surface area contributed by atoms with Crippen molar-refractivity contribution in [2.75, 3.05) is 26.3 Å². The molecule has 1 fully saturated rings. The van der Waals surface area contributed by atoms with Gasteiger partial charge in [-0.15, -0.1) is 0 Å². The summed E-state index contributed by atoms with van der Waals surface area (Å²) in [7, 11) is 0. The van der Waals surface area contributed by atoms with Crippen LogP contribution >= 0.6 is 11.8 Å². The normalized spacial score (nSPS) is 22.3. The zero-order valence-electron chi connectivity index (χ0n) is 16.3. The number of carbonyl (C=O) groups excluding carboxylic acids is 2. The number of amides is 2. The van der Waals surface area contributed by atoms with Crippen LogP contribution in [0.5, 0.6) is 0 Å². The van der Waals surface area contributed by atoms with Crippen molar-refractivity contribution in [1.82, 2.24) is 10.2 Å². The standard InChI is InChI=1S/C21H22N4O3S/c1-21(2)15(12-22)18(26)24-19(16(21)13-23)29-17(14-6-4-3-5-7-14)20(27)25-8-10-28-11-9-25/h3-7,15,17H,8-11H2,1-2H3,(H,24,26)/t15-,17+/m0/s1. The first-order valence-corrected chi connectivity index (χ1v) is 10.2. The van der Waals surface area contributed by atoms with Gasteiger partial charge in [-0.2, -0.15) is 10.5 Å². The first-order valence-electron chi connectivity index (χ1n) is 9.33. The average molecular weight is 410 g/mol. The number of hydrogen-bond acceptors (Lipinski definition) is 6. The van der Waals surface area contributed by atoms with Crippen LogP contribution in [0, 0.1) is 34.0 Å². The van der Waals surface area contributed by atoms with Gasteiger partial charge >= 0.3 is 0 Å². The molecule has 2 aliphatic heterocycles.